The lowest BCUT2D eigenvalue weighted by atomic mass is 9.86. The maximum Gasteiger partial charge on any atom is 0.491 e. The molecule has 2 atom stereocenters. The molecule has 1 aromatic rings. The van der Waals surface area contributed by atoms with Gasteiger partial charge in [-0.25, -0.2) is 4.79 Å². The number of hydrogen-bond acceptors (Lipinski definition) is 5. The predicted octanol–water partition coefficient (Wildman–Crippen LogP) is 2.08. The number of carbonyl (C=O) groups excluding carboxylic acids is 2. The third kappa shape index (κ3) is 3.51. The van der Waals surface area contributed by atoms with Crippen molar-refractivity contribution in [2.24, 2.45) is 11.8 Å². The highest BCUT2D eigenvalue weighted by Gasteiger charge is 2.43. The number of alkyl halides is 3. The molecular weight excluding hydrogens is 353 g/mol. The van der Waals surface area contributed by atoms with Crippen molar-refractivity contribution in [3.63, 3.8) is 0 Å². The van der Waals surface area contributed by atoms with Gasteiger partial charge in [0.1, 0.15) is 0 Å². The monoisotopic (exact) mass is 366 g/mol. The van der Waals surface area contributed by atoms with E-state index in [0.717, 1.165) is 25.6 Å². The van der Waals surface area contributed by atoms with Crippen LogP contribution in [0.1, 0.15) is 17.0 Å². The van der Waals surface area contributed by atoms with Gasteiger partial charge in [0.25, 0.3) is 5.91 Å². The largest absolute Gasteiger partial charge is 0.491 e. The van der Waals surface area contributed by atoms with Crippen molar-refractivity contribution in [2.45, 2.75) is 12.6 Å². The molecule has 0 spiro atoms. The van der Waals surface area contributed by atoms with E-state index in [1.807, 2.05) is 0 Å². The predicted molar refractivity (Wildman–Crippen MR) is 75.8 cm³/mol. The molecular formula is C14H14ClF3N2O4. The van der Waals surface area contributed by atoms with Gasteiger partial charge in [-0.2, -0.15) is 13.2 Å². The molecule has 10 heteroatoms. The molecule has 0 aromatic carbocycles. The molecule has 132 valence electrons. The van der Waals surface area contributed by atoms with Gasteiger partial charge >= 0.3 is 12.1 Å². The quantitative estimate of drug-likeness (QED) is 0.811. The van der Waals surface area contributed by atoms with E-state index in [2.05, 4.69) is 10.1 Å². The van der Waals surface area contributed by atoms with Gasteiger partial charge in [0.2, 0.25) is 5.76 Å². The number of ether oxygens (including phenoxy) is 1. The van der Waals surface area contributed by atoms with Crippen LogP contribution in [0.25, 0.3) is 0 Å². The number of halogens is 4. The van der Waals surface area contributed by atoms with Crippen LogP contribution in [0.15, 0.2) is 10.5 Å². The van der Waals surface area contributed by atoms with Gasteiger partial charge in [-0.05, 0) is 42.9 Å². The molecule has 24 heavy (non-hydrogen) atoms. The Morgan fingerprint density at radius 1 is 1.29 bits per heavy atom. The van der Waals surface area contributed by atoms with E-state index in [4.69, 9.17) is 16.0 Å². The fourth-order valence-corrected chi connectivity index (χ4v) is 3.32. The normalized spacial score (nSPS) is 23.9. The molecule has 0 radical (unpaired) electrons. The van der Waals surface area contributed by atoms with Gasteiger partial charge in [0.05, 0.1) is 0 Å². The second kappa shape index (κ2) is 6.29. The van der Waals surface area contributed by atoms with Crippen molar-refractivity contribution >= 4 is 23.5 Å². The van der Waals surface area contributed by atoms with E-state index < -0.39 is 29.6 Å². The number of rotatable bonds is 2. The Balaban J connectivity index is 1.79. The maximum atomic E-state index is 12.6. The van der Waals surface area contributed by atoms with Crippen LogP contribution in [0, 0.1) is 11.8 Å². The molecule has 0 aliphatic carbocycles. The highest BCUT2D eigenvalue weighted by Crippen LogP contribution is 2.32. The lowest BCUT2D eigenvalue weighted by Crippen LogP contribution is -2.52. The van der Waals surface area contributed by atoms with Crippen LogP contribution < -0.4 is 10.1 Å². The molecule has 2 unspecified atom stereocenters. The number of furan rings is 1. The maximum absolute atomic E-state index is 12.6. The second-order valence-electron chi connectivity index (χ2n) is 5.97. The lowest BCUT2D eigenvalue weighted by Gasteiger charge is -2.41. The molecule has 1 aromatic heterocycles. The van der Waals surface area contributed by atoms with Crippen LogP contribution in [-0.4, -0.2) is 49.1 Å². The van der Waals surface area contributed by atoms with Crippen LogP contribution in [0.4, 0.5) is 13.2 Å². The zero-order valence-corrected chi connectivity index (χ0v) is 13.1. The minimum absolute atomic E-state index is 0.271. The molecule has 0 saturated carbocycles. The number of amides is 1. The van der Waals surface area contributed by atoms with Crippen LogP contribution in [0.2, 0.25) is 5.22 Å². The molecule has 6 nitrogen and oxygen atoms in total. The van der Waals surface area contributed by atoms with Gasteiger partial charge in [-0.1, -0.05) is 0 Å². The summed E-state index contributed by atoms with van der Waals surface area (Å²) in [6, 6.07) is 0.880. The van der Waals surface area contributed by atoms with Crippen LogP contribution in [0.3, 0.4) is 0 Å². The SMILES string of the molecule is O=C(c1oc(Cl)cc1OC(=O)C(F)(F)F)N1CC2CNCC(C2)C1. The molecule has 3 heterocycles. The molecule has 3 rings (SSSR count). The van der Waals surface area contributed by atoms with Crippen molar-refractivity contribution in [1.82, 2.24) is 10.2 Å². The number of likely N-dealkylation sites (tertiary alicyclic amines) is 1. The zero-order chi connectivity index (χ0) is 17.5. The van der Waals surface area contributed by atoms with E-state index in [1.165, 1.54) is 4.90 Å². The molecule has 2 fully saturated rings. The molecule has 2 aliphatic rings. The topological polar surface area (TPSA) is 71.8 Å². The van der Waals surface area contributed by atoms with Crippen molar-refractivity contribution in [1.29, 1.82) is 0 Å². The Hall–Kier alpha value is -1.74. The van der Waals surface area contributed by atoms with Crippen LogP contribution in [0.5, 0.6) is 5.75 Å². The van der Waals surface area contributed by atoms with Crippen LogP contribution >= 0.6 is 11.6 Å². The number of fused-ring (bicyclic) bond motifs is 2. The van der Waals surface area contributed by atoms with E-state index in [1.54, 1.807) is 0 Å². The first kappa shape index (κ1) is 17.1. The minimum atomic E-state index is -5.18. The Kier molecular flexibility index (Phi) is 4.48. The number of carbonyl (C=O) groups is 2. The first-order chi connectivity index (χ1) is 11.2. The summed E-state index contributed by atoms with van der Waals surface area (Å²) < 4.78 is 46.2. The average Bonchev–Trinajstić information content (AvgIpc) is 2.85. The average molecular weight is 367 g/mol. The van der Waals surface area contributed by atoms with Gasteiger partial charge in [-0.3, -0.25) is 4.79 Å². The highest BCUT2D eigenvalue weighted by atomic mass is 35.5. The molecule has 2 saturated heterocycles. The number of nitrogens with zero attached hydrogens (tertiary/aromatic N) is 1. The Morgan fingerprint density at radius 3 is 2.50 bits per heavy atom. The standard InChI is InChI=1S/C14H14ClF3N2O4/c15-10-2-9(23-13(22)14(16,17)18)11(24-10)12(21)20-5-7-1-8(6-20)4-19-3-7/h2,7-8,19H,1,3-6H2. The van der Waals surface area contributed by atoms with Crippen molar-refractivity contribution < 1.29 is 31.9 Å². The summed E-state index contributed by atoms with van der Waals surface area (Å²) in [5, 5.41) is 2.94. The van der Waals surface area contributed by atoms with E-state index in [0.29, 0.717) is 13.1 Å². The Morgan fingerprint density at radius 2 is 1.92 bits per heavy atom. The lowest BCUT2D eigenvalue weighted by molar-refractivity contribution is -0.189. The van der Waals surface area contributed by atoms with Gasteiger partial charge < -0.3 is 19.4 Å². The van der Waals surface area contributed by atoms with E-state index in [-0.39, 0.29) is 17.1 Å². The van der Waals surface area contributed by atoms with Gasteiger partial charge in [-0.15, -0.1) is 0 Å². The Labute approximate surface area is 139 Å². The summed E-state index contributed by atoms with van der Waals surface area (Å²) >= 11 is 5.62. The summed E-state index contributed by atoms with van der Waals surface area (Å²) in [5.74, 6) is -3.65. The third-order valence-corrected chi connectivity index (χ3v) is 4.26. The zero-order valence-electron chi connectivity index (χ0n) is 12.4. The van der Waals surface area contributed by atoms with Crippen LogP contribution in [-0.2, 0) is 4.79 Å². The number of hydrogen-bond donors (Lipinski definition) is 1. The number of nitrogens with one attached hydrogen (secondary N) is 1. The summed E-state index contributed by atoms with van der Waals surface area (Å²) in [4.78, 5) is 25.1. The summed E-state index contributed by atoms with van der Waals surface area (Å²) in [6.45, 7) is 2.45. The number of piperidine rings is 2. The smallest absolute Gasteiger partial charge is 0.435 e. The highest BCUT2D eigenvalue weighted by molar-refractivity contribution is 6.29. The minimum Gasteiger partial charge on any atom is -0.435 e. The fraction of sp³-hybridized carbons (Fsp3) is 0.571. The first-order valence-corrected chi connectivity index (χ1v) is 7.70. The van der Waals surface area contributed by atoms with Crippen molar-refractivity contribution in [2.75, 3.05) is 26.2 Å². The summed E-state index contributed by atoms with van der Waals surface area (Å²) in [7, 11) is 0. The van der Waals surface area contributed by atoms with E-state index >= 15 is 0 Å². The van der Waals surface area contributed by atoms with Gasteiger partial charge in [0, 0.05) is 19.2 Å². The second-order valence-corrected chi connectivity index (χ2v) is 6.34. The molecule has 2 aliphatic heterocycles. The molecule has 1 N–H and O–H groups in total. The third-order valence-electron chi connectivity index (χ3n) is 4.07. The first-order valence-electron chi connectivity index (χ1n) is 7.32. The van der Waals surface area contributed by atoms with Gasteiger partial charge in [0.15, 0.2) is 11.0 Å². The van der Waals surface area contributed by atoms with Crippen molar-refractivity contribution in [3.8, 4) is 5.75 Å². The molecule has 2 bridgehead atoms. The molecule has 1 amide bonds. The Bertz CT molecular complexity index is 649. The summed E-state index contributed by atoms with van der Waals surface area (Å²) in [6.07, 6.45) is -4.19. The number of esters is 1. The fourth-order valence-electron chi connectivity index (χ4n) is 3.14. The van der Waals surface area contributed by atoms with E-state index in [9.17, 15) is 22.8 Å². The van der Waals surface area contributed by atoms with Crippen molar-refractivity contribution in [3.05, 3.63) is 17.0 Å². The summed E-state index contributed by atoms with van der Waals surface area (Å²) in [5.41, 5.74) is 0.